The summed E-state index contributed by atoms with van der Waals surface area (Å²) in [6.07, 6.45) is 0. The molecule has 0 unspecified atom stereocenters. The number of methoxy groups -OCH3 is 1. The number of hydrogen-bond donors (Lipinski definition) is 1. The van der Waals surface area contributed by atoms with Gasteiger partial charge in [-0.05, 0) is 42.5 Å². The fraction of sp³-hybridized carbons (Fsp3) is 0.208. The number of para-hydroxylation sites is 2. The van der Waals surface area contributed by atoms with Crippen LogP contribution in [0.1, 0.15) is 10.4 Å². The molecule has 0 aliphatic carbocycles. The van der Waals surface area contributed by atoms with Gasteiger partial charge in [0.15, 0.2) is 0 Å². The number of halogens is 1. The number of hydrogen-bond acceptors (Lipinski definition) is 5. The second-order valence-corrected chi connectivity index (χ2v) is 9.65. The van der Waals surface area contributed by atoms with Crippen molar-refractivity contribution in [3.8, 4) is 5.75 Å². The molecule has 4 rings (SSSR count). The number of carbonyl (C=O) groups is 1. The molecule has 0 radical (unpaired) electrons. The van der Waals surface area contributed by atoms with Gasteiger partial charge in [-0.3, -0.25) is 9.52 Å². The molecule has 3 aromatic rings. The number of benzene rings is 3. The Hall–Kier alpha value is -3.23. The van der Waals surface area contributed by atoms with Crippen LogP contribution in [-0.4, -0.2) is 52.5 Å². The van der Waals surface area contributed by atoms with Crippen LogP contribution in [0.15, 0.2) is 77.7 Å². The Kier molecular flexibility index (Phi) is 6.76. The summed E-state index contributed by atoms with van der Waals surface area (Å²) in [6, 6.07) is 20.4. The maximum Gasteiger partial charge on any atom is 0.261 e. The zero-order chi connectivity index (χ0) is 23.4. The summed E-state index contributed by atoms with van der Waals surface area (Å²) in [5.74, 6) is 0.659. The Bertz CT molecular complexity index is 1240. The van der Waals surface area contributed by atoms with Gasteiger partial charge in [-0.15, -0.1) is 0 Å². The van der Waals surface area contributed by atoms with Crippen LogP contribution in [0, 0.1) is 0 Å². The third-order valence-electron chi connectivity index (χ3n) is 5.51. The fourth-order valence-corrected chi connectivity index (χ4v) is 5.14. The lowest BCUT2D eigenvalue weighted by Gasteiger charge is -2.36. The third kappa shape index (κ3) is 5.07. The molecule has 172 valence electrons. The first-order chi connectivity index (χ1) is 15.9. The van der Waals surface area contributed by atoms with Crippen LogP contribution in [0.4, 0.5) is 11.4 Å². The van der Waals surface area contributed by atoms with Gasteiger partial charge >= 0.3 is 0 Å². The largest absolute Gasteiger partial charge is 0.495 e. The summed E-state index contributed by atoms with van der Waals surface area (Å²) in [5.41, 5.74) is 1.64. The van der Waals surface area contributed by atoms with Gasteiger partial charge in [-0.25, -0.2) is 8.42 Å². The highest BCUT2D eigenvalue weighted by Gasteiger charge is 2.24. The van der Waals surface area contributed by atoms with Crippen LogP contribution >= 0.6 is 11.6 Å². The van der Waals surface area contributed by atoms with Gasteiger partial charge in [-0.2, -0.15) is 0 Å². The Balaban J connectivity index is 1.43. The van der Waals surface area contributed by atoms with E-state index in [1.165, 1.54) is 24.3 Å². The average Bonchev–Trinajstić information content (AvgIpc) is 2.85. The zero-order valence-corrected chi connectivity index (χ0v) is 19.6. The van der Waals surface area contributed by atoms with E-state index in [0.29, 0.717) is 31.7 Å². The number of piperazine rings is 1. The molecule has 1 aliphatic rings. The normalized spacial score (nSPS) is 14.1. The molecular weight excluding hydrogens is 462 g/mol. The van der Waals surface area contributed by atoms with E-state index in [9.17, 15) is 13.2 Å². The molecule has 0 bridgehead atoms. The molecule has 1 aliphatic heterocycles. The fourth-order valence-electron chi connectivity index (χ4n) is 3.76. The highest BCUT2D eigenvalue weighted by atomic mass is 35.5. The van der Waals surface area contributed by atoms with Crippen molar-refractivity contribution in [3.05, 3.63) is 83.4 Å². The van der Waals surface area contributed by atoms with Crippen LogP contribution in [0.3, 0.4) is 0 Å². The average molecular weight is 486 g/mol. The predicted molar refractivity (Wildman–Crippen MR) is 130 cm³/mol. The lowest BCUT2D eigenvalue weighted by Crippen LogP contribution is -2.48. The van der Waals surface area contributed by atoms with Crippen LogP contribution < -0.4 is 14.4 Å². The van der Waals surface area contributed by atoms with Crippen molar-refractivity contribution in [2.45, 2.75) is 4.90 Å². The Morgan fingerprint density at radius 2 is 1.61 bits per heavy atom. The lowest BCUT2D eigenvalue weighted by atomic mass is 10.1. The summed E-state index contributed by atoms with van der Waals surface area (Å²) in [4.78, 5) is 17.1. The minimum atomic E-state index is -3.77. The maximum absolute atomic E-state index is 13.0. The van der Waals surface area contributed by atoms with Gasteiger partial charge in [0.2, 0.25) is 0 Å². The van der Waals surface area contributed by atoms with Crippen molar-refractivity contribution >= 4 is 38.9 Å². The first-order valence-electron chi connectivity index (χ1n) is 10.4. The molecule has 1 amide bonds. The minimum Gasteiger partial charge on any atom is -0.495 e. The molecule has 7 nitrogen and oxygen atoms in total. The Morgan fingerprint density at radius 1 is 0.939 bits per heavy atom. The monoisotopic (exact) mass is 485 g/mol. The van der Waals surface area contributed by atoms with Gasteiger partial charge in [-0.1, -0.05) is 41.9 Å². The summed E-state index contributed by atoms with van der Waals surface area (Å²) < 4.78 is 33.0. The second-order valence-electron chi connectivity index (χ2n) is 7.56. The summed E-state index contributed by atoms with van der Waals surface area (Å²) in [7, 11) is -2.13. The van der Waals surface area contributed by atoms with Crippen LogP contribution in [0.25, 0.3) is 0 Å². The van der Waals surface area contributed by atoms with Crippen molar-refractivity contribution in [2.75, 3.05) is 42.9 Å². The number of nitrogens with one attached hydrogen (secondary N) is 1. The van der Waals surface area contributed by atoms with E-state index in [0.717, 1.165) is 11.4 Å². The molecule has 1 heterocycles. The van der Waals surface area contributed by atoms with E-state index < -0.39 is 10.0 Å². The van der Waals surface area contributed by atoms with Crippen LogP contribution in [-0.2, 0) is 10.0 Å². The molecule has 1 saturated heterocycles. The topological polar surface area (TPSA) is 79.0 Å². The number of sulfonamides is 1. The summed E-state index contributed by atoms with van der Waals surface area (Å²) in [6.45, 7) is 2.46. The number of carbonyl (C=O) groups excluding carboxylic acids is 1. The van der Waals surface area contributed by atoms with Gasteiger partial charge < -0.3 is 14.5 Å². The maximum atomic E-state index is 13.0. The van der Waals surface area contributed by atoms with E-state index >= 15 is 0 Å². The first-order valence-corrected chi connectivity index (χ1v) is 12.3. The van der Waals surface area contributed by atoms with Gasteiger partial charge in [0.05, 0.1) is 28.4 Å². The number of rotatable bonds is 6. The molecular formula is C24H24ClN3O4S. The minimum absolute atomic E-state index is 0.133. The summed E-state index contributed by atoms with van der Waals surface area (Å²) in [5, 5.41) is 0.160. The van der Waals surface area contributed by atoms with Gasteiger partial charge in [0, 0.05) is 31.7 Å². The number of ether oxygens (including phenoxy) is 1. The van der Waals surface area contributed by atoms with Crippen molar-refractivity contribution in [1.82, 2.24) is 4.90 Å². The standard InChI is InChI=1S/C24H24ClN3O4S/c1-32-23-10-6-5-9-22(23)27-13-15-28(16-14-27)24(29)18-11-12-21(20(25)17-18)26-33(30,31)19-7-3-2-4-8-19/h2-12,17,26H,13-16H2,1H3. The second kappa shape index (κ2) is 9.72. The molecule has 0 atom stereocenters. The smallest absolute Gasteiger partial charge is 0.261 e. The number of anilines is 2. The SMILES string of the molecule is COc1ccccc1N1CCN(C(=O)c2ccc(NS(=O)(=O)c3ccccc3)c(Cl)c2)CC1. The summed E-state index contributed by atoms with van der Waals surface area (Å²) >= 11 is 6.32. The van der Waals surface area contributed by atoms with Crippen LogP contribution in [0.5, 0.6) is 5.75 Å². The quantitative estimate of drug-likeness (QED) is 0.568. The Morgan fingerprint density at radius 3 is 2.27 bits per heavy atom. The van der Waals surface area contributed by atoms with Crippen molar-refractivity contribution in [2.24, 2.45) is 0 Å². The Labute approximate surface area is 198 Å². The van der Waals surface area contributed by atoms with Crippen molar-refractivity contribution in [3.63, 3.8) is 0 Å². The molecule has 1 fully saturated rings. The molecule has 9 heteroatoms. The van der Waals surface area contributed by atoms with Crippen molar-refractivity contribution < 1.29 is 17.9 Å². The van der Waals surface area contributed by atoms with E-state index in [-0.39, 0.29) is 21.5 Å². The van der Waals surface area contributed by atoms with E-state index in [4.69, 9.17) is 16.3 Å². The van der Waals surface area contributed by atoms with E-state index in [2.05, 4.69) is 9.62 Å². The van der Waals surface area contributed by atoms with Gasteiger partial charge in [0.25, 0.3) is 15.9 Å². The molecule has 0 aromatic heterocycles. The third-order valence-corrected chi connectivity index (χ3v) is 7.20. The highest BCUT2D eigenvalue weighted by Crippen LogP contribution is 2.29. The van der Waals surface area contributed by atoms with Crippen LogP contribution in [0.2, 0.25) is 5.02 Å². The molecule has 0 spiro atoms. The number of amides is 1. The lowest BCUT2D eigenvalue weighted by molar-refractivity contribution is 0.0746. The van der Waals surface area contributed by atoms with Gasteiger partial charge in [0.1, 0.15) is 5.75 Å². The zero-order valence-electron chi connectivity index (χ0n) is 18.1. The molecule has 3 aromatic carbocycles. The van der Waals surface area contributed by atoms with E-state index in [1.807, 2.05) is 24.3 Å². The molecule has 33 heavy (non-hydrogen) atoms. The first kappa shape index (κ1) is 22.9. The highest BCUT2D eigenvalue weighted by molar-refractivity contribution is 7.92. The predicted octanol–water partition coefficient (Wildman–Crippen LogP) is 4.11. The van der Waals surface area contributed by atoms with E-state index in [1.54, 1.807) is 36.3 Å². The molecule has 1 N–H and O–H groups in total. The molecule has 0 saturated carbocycles. The van der Waals surface area contributed by atoms with Crippen molar-refractivity contribution in [1.29, 1.82) is 0 Å². The number of nitrogens with zero attached hydrogens (tertiary/aromatic N) is 2.